The quantitative estimate of drug-likeness (QED) is 0.913. The molecule has 2 aromatic rings. The summed E-state index contributed by atoms with van der Waals surface area (Å²) < 4.78 is 5.59. The lowest BCUT2D eigenvalue weighted by molar-refractivity contribution is 0.402. The Morgan fingerprint density at radius 2 is 1.95 bits per heavy atom. The van der Waals surface area contributed by atoms with Gasteiger partial charge >= 0.3 is 0 Å². The number of nitrogens with one attached hydrogen (secondary N) is 1. The van der Waals surface area contributed by atoms with Crippen LogP contribution < -0.4 is 10.1 Å². The zero-order valence-corrected chi connectivity index (χ0v) is 11.8. The number of rotatable bonds is 4. The fourth-order valence-corrected chi connectivity index (χ4v) is 2.28. The summed E-state index contributed by atoms with van der Waals surface area (Å²) in [5.41, 5.74) is 4.57. The minimum absolute atomic E-state index is 0.0461. The highest BCUT2D eigenvalue weighted by molar-refractivity contribution is 5.49. The van der Waals surface area contributed by atoms with Crippen molar-refractivity contribution in [1.82, 2.24) is 15.5 Å². The van der Waals surface area contributed by atoms with Gasteiger partial charge in [-0.1, -0.05) is 12.1 Å². The third-order valence-corrected chi connectivity index (χ3v) is 3.45. The largest absolute Gasteiger partial charge is 0.496 e. The van der Waals surface area contributed by atoms with Gasteiger partial charge in [0.05, 0.1) is 19.3 Å². The molecule has 0 fully saturated rings. The van der Waals surface area contributed by atoms with E-state index in [0.29, 0.717) is 0 Å². The van der Waals surface area contributed by atoms with Crippen LogP contribution in [-0.4, -0.2) is 24.4 Å². The van der Waals surface area contributed by atoms with Crippen LogP contribution in [0.15, 0.2) is 30.6 Å². The molecule has 1 N–H and O–H groups in total. The molecule has 1 aromatic heterocycles. The molecule has 4 heteroatoms. The monoisotopic (exact) mass is 257 g/mol. The molecule has 1 heterocycles. The van der Waals surface area contributed by atoms with Crippen molar-refractivity contribution in [3.05, 3.63) is 52.8 Å². The second kappa shape index (κ2) is 5.80. The Morgan fingerprint density at radius 1 is 1.16 bits per heavy atom. The smallest absolute Gasteiger partial charge is 0.127 e. The van der Waals surface area contributed by atoms with E-state index < -0.39 is 0 Å². The van der Waals surface area contributed by atoms with Crippen molar-refractivity contribution in [1.29, 1.82) is 0 Å². The fourth-order valence-electron chi connectivity index (χ4n) is 2.28. The van der Waals surface area contributed by atoms with E-state index >= 15 is 0 Å². The topological polar surface area (TPSA) is 47.0 Å². The van der Waals surface area contributed by atoms with E-state index in [9.17, 15) is 0 Å². The minimum atomic E-state index is 0.0461. The second-order valence-electron chi connectivity index (χ2n) is 4.53. The van der Waals surface area contributed by atoms with E-state index in [-0.39, 0.29) is 6.04 Å². The molecule has 0 aliphatic heterocycles. The first-order valence-electron chi connectivity index (χ1n) is 6.27. The van der Waals surface area contributed by atoms with Gasteiger partial charge in [-0.2, -0.15) is 10.2 Å². The minimum Gasteiger partial charge on any atom is -0.496 e. The Bertz CT molecular complexity index is 555. The Kier molecular flexibility index (Phi) is 4.12. The lowest BCUT2D eigenvalue weighted by atomic mass is 9.95. The van der Waals surface area contributed by atoms with Crippen LogP contribution >= 0.6 is 0 Å². The SMILES string of the molecule is CNC(c1ccnnc1)c1ccc(C)c(C)c1OC. The van der Waals surface area contributed by atoms with Gasteiger partial charge in [0, 0.05) is 11.8 Å². The third-order valence-electron chi connectivity index (χ3n) is 3.45. The van der Waals surface area contributed by atoms with Crippen LogP contribution in [0.3, 0.4) is 0 Å². The Labute approximate surface area is 113 Å². The molecule has 4 nitrogen and oxygen atoms in total. The first-order chi connectivity index (χ1) is 9.19. The second-order valence-corrected chi connectivity index (χ2v) is 4.53. The molecule has 0 spiro atoms. The summed E-state index contributed by atoms with van der Waals surface area (Å²) in [6.45, 7) is 4.17. The highest BCUT2D eigenvalue weighted by Crippen LogP contribution is 2.33. The summed E-state index contributed by atoms with van der Waals surface area (Å²) >= 11 is 0. The zero-order valence-electron chi connectivity index (χ0n) is 11.8. The molecule has 0 saturated carbocycles. The first-order valence-corrected chi connectivity index (χ1v) is 6.27. The number of ether oxygens (including phenoxy) is 1. The Hall–Kier alpha value is -1.94. The molecule has 0 amide bonds. The maximum atomic E-state index is 5.59. The van der Waals surface area contributed by atoms with Gasteiger partial charge in [0.25, 0.3) is 0 Å². The average molecular weight is 257 g/mol. The van der Waals surface area contributed by atoms with E-state index in [2.05, 4.69) is 41.5 Å². The highest BCUT2D eigenvalue weighted by Gasteiger charge is 2.18. The highest BCUT2D eigenvalue weighted by atomic mass is 16.5. The average Bonchev–Trinajstić information content (AvgIpc) is 2.45. The van der Waals surface area contributed by atoms with Crippen LogP contribution in [0.2, 0.25) is 0 Å². The standard InChI is InChI=1S/C15H19N3O/c1-10-5-6-13(15(19-4)11(10)2)14(16-3)12-7-8-17-18-9-12/h5-9,14,16H,1-4H3. The maximum absolute atomic E-state index is 5.59. The lowest BCUT2D eigenvalue weighted by Crippen LogP contribution is -2.19. The number of aryl methyl sites for hydroxylation is 1. The van der Waals surface area contributed by atoms with Crippen molar-refractivity contribution in [2.45, 2.75) is 19.9 Å². The summed E-state index contributed by atoms with van der Waals surface area (Å²) in [7, 11) is 3.64. The van der Waals surface area contributed by atoms with E-state index in [1.54, 1.807) is 19.5 Å². The van der Waals surface area contributed by atoms with Crippen LogP contribution in [0.1, 0.15) is 28.3 Å². The van der Waals surface area contributed by atoms with Gasteiger partial charge in [-0.15, -0.1) is 0 Å². The molecule has 1 unspecified atom stereocenters. The van der Waals surface area contributed by atoms with Crippen molar-refractivity contribution < 1.29 is 4.74 Å². The molecule has 19 heavy (non-hydrogen) atoms. The maximum Gasteiger partial charge on any atom is 0.127 e. The molecule has 0 radical (unpaired) electrons. The summed E-state index contributed by atoms with van der Waals surface area (Å²) in [4.78, 5) is 0. The van der Waals surface area contributed by atoms with E-state index in [0.717, 1.165) is 16.9 Å². The van der Waals surface area contributed by atoms with Crippen LogP contribution in [0.25, 0.3) is 0 Å². The number of nitrogens with zero attached hydrogens (tertiary/aromatic N) is 2. The summed E-state index contributed by atoms with van der Waals surface area (Å²) in [5, 5.41) is 11.1. The molecule has 0 bridgehead atoms. The molecule has 1 atom stereocenters. The summed E-state index contributed by atoms with van der Waals surface area (Å²) in [6, 6.07) is 6.22. The first kappa shape index (κ1) is 13.5. The van der Waals surface area contributed by atoms with Gasteiger partial charge in [-0.25, -0.2) is 0 Å². The number of hydrogen-bond acceptors (Lipinski definition) is 4. The van der Waals surface area contributed by atoms with Gasteiger partial charge in [-0.05, 0) is 43.7 Å². The fraction of sp³-hybridized carbons (Fsp3) is 0.333. The molecular formula is C15H19N3O. The summed E-state index contributed by atoms with van der Waals surface area (Å²) in [6.07, 6.45) is 3.48. The van der Waals surface area contributed by atoms with Crippen molar-refractivity contribution in [3.8, 4) is 5.75 Å². The predicted molar refractivity (Wildman–Crippen MR) is 75.4 cm³/mol. The van der Waals surface area contributed by atoms with E-state index in [1.807, 2.05) is 13.1 Å². The lowest BCUT2D eigenvalue weighted by Gasteiger charge is -2.21. The number of methoxy groups -OCH3 is 1. The third kappa shape index (κ3) is 2.58. The van der Waals surface area contributed by atoms with Crippen LogP contribution in [0.4, 0.5) is 0 Å². The Morgan fingerprint density at radius 3 is 2.53 bits per heavy atom. The van der Waals surface area contributed by atoms with Crippen molar-refractivity contribution in [2.24, 2.45) is 0 Å². The number of aromatic nitrogens is 2. The Balaban J connectivity index is 2.53. The van der Waals surface area contributed by atoms with Crippen LogP contribution in [-0.2, 0) is 0 Å². The molecular weight excluding hydrogens is 238 g/mol. The normalized spacial score (nSPS) is 12.2. The van der Waals surface area contributed by atoms with Crippen molar-refractivity contribution >= 4 is 0 Å². The molecule has 0 saturated heterocycles. The van der Waals surface area contributed by atoms with Crippen molar-refractivity contribution in [2.75, 3.05) is 14.2 Å². The van der Waals surface area contributed by atoms with Gasteiger partial charge in [-0.3, -0.25) is 0 Å². The van der Waals surface area contributed by atoms with Crippen LogP contribution in [0.5, 0.6) is 5.75 Å². The molecule has 2 rings (SSSR count). The zero-order chi connectivity index (χ0) is 13.8. The van der Waals surface area contributed by atoms with Gasteiger partial charge in [0.2, 0.25) is 0 Å². The van der Waals surface area contributed by atoms with Gasteiger partial charge in [0.15, 0.2) is 0 Å². The predicted octanol–water partition coefficient (Wildman–Crippen LogP) is 2.41. The molecule has 0 aliphatic rings. The number of hydrogen-bond donors (Lipinski definition) is 1. The molecule has 1 aromatic carbocycles. The summed E-state index contributed by atoms with van der Waals surface area (Å²) in [5.74, 6) is 0.927. The molecule has 100 valence electrons. The van der Waals surface area contributed by atoms with Crippen LogP contribution in [0, 0.1) is 13.8 Å². The van der Waals surface area contributed by atoms with E-state index in [4.69, 9.17) is 4.74 Å². The van der Waals surface area contributed by atoms with Crippen molar-refractivity contribution in [3.63, 3.8) is 0 Å². The number of benzene rings is 1. The van der Waals surface area contributed by atoms with Gasteiger partial charge < -0.3 is 10.1 Å². The van der Waals surface area contributed by atoms with Gasteiger partial charge in [0.1, 0.15) is 5.75 Å². The molecule has 0 aliphatic carbocycles. The van der Waals surface area contributed by atoms with E-state index in [1.165, 1.54) is 11.1 Å².